The molecule has 1 aromatic heterocycles. The second-order valence-corrected chi connectivity index (χ2v) is 5.27. The van der Waals surface area contributed by atoms with Gasteiger partial charge >= 0.3 is 0 Å². The maximum Gasteiger partial charge on any atom is 0.176 e. The van der Waals surface area contributed by atoms with E-state index in [9.17, 15) is 4.79 Å². The quantitative estimate of drug-likeness (QED) is 0.643. The lowest BCUT2D eigenvalue weighted by atomic mass is 10.1. The van der Waals surface area contributed by atoms with Crippen molar-refractivity contribution in [2.45, 2.75) is 25.1 Å². The lowest BCUT2D eigenvalue weighted by Gasteiger charge is -2.05. The summed E-state index contributed by atoms with van der Waals surface area (Å²) in [5.41, 5.74) is 2.66. The number of halogens is 1. The Bertz CT molecular complexity index is 574. The van der Waals surface area contributed by atoms with Crippen molar-refractivity contribution in [1.29, 1.82) is 0 Å². The molecule has 4 heteroatoms. The molecule has 2 rings (SSSR count). The van der Waals surface area contributed by atoms with Crippen LogP contribution < -0.4 is 0 Å². The average molecular weight is 295 g/mol. The first-order valence-electron chi connectivity index (χ1n) is 5.66. The topological polar surface area (TPSA) is 34.9 Å². The molecular weight excluding hydrogens is 280 g/mol. The van der Waals surface area contributed by atoms with E-state index in [1.165, 1.54) is 0 Å². The Morgan fingerprint density at radius 3 is 2.88 bits per heavy atom. The molecular formula is C13H15BrN2O. The van der Waals surface area contributed by atoms with Crippen LogP contribution in [0.4, 0.5) is 0 Å². The smallest absolute Gasteiger partial charge is 0.176 e. The van der Waals surface area contributed by atoms with E-state index in [0.717, 1.165) is 28.8 Å². The Hall–Kier alpha value is -1.16. The number of ketones is 1. The zero-order chi connectivity index (χ0) is 12.6. The van der Waals surface area contributed by atoms with Crippen molar-refractivity contribution in [2.75, 3.05) is 0 Å². The number of aryl methyl sites for hydroxylation is 2. The summed E-state index contributed by atoms with van der Waals surface area (Å²) < 4.78 is 2.02. The molecule has 1 aromatic carbocycles. The average Bonchev–Trinajstić information content (AvgIpc) is 2.62. The molecule has 1 unspecified atom stereocenters. The van der Waals surface area contributed by atoms with Gasteiger partial charge in [-0.05, 0) is 31.5 Å². The van der Waals surface area contributed by atoms with Crippen molar-refractivity contribution >= 4 is 32.7 Å². The van der Waals surface area contributed by atoms with Crippen LogP contribution in [0.2, 0.25) is 0 Å². The fourth-order valence-electron chi connectivity index (χ4n) is 1.84. The van der Waals surface area contributed by atoms with Crippen LogP contribution in [0.1, 0.15) is 29.5 Å². The van der Waals surface area contributed by atoms with E-state index in [1.807, 2.05) is 43.7 Å². The van der Waals surface area contributed by atoms with Crippen molar-refractivity contribution in [3.63, 3.8) is 0 Å². The Kier molecular flexibility index (Phi) is 3.33. The van der Waals surface area contributed by atoms with E-state index < -0.39 is 0 Å². The normalized spacial score (nSPS) is 12.9. The van der Waals surface area contributed by atoms with Gasteiger partial charge in [0.1, 0.15) is 5.82 Å². The highest BCUT2D eigenvalue weighted by Crippen LogP contribution is 2.19. The van der Waals surface area contributed by atoms with Crippen molar-refractivity contribution in [3.05, 3.63) is 29.6 Å². The number of alkyl halides is 1. The second-order valence-electron chi connectivity index (χ2n) is 4.16. The van der Waals surface area contributed by atoms with E-state index in [0.29, 0.717) is 0 Å². The third-order valence-corrected chi connectivity index (χ3v) is 4.10. The van der Waals surface area contributed by atoms with Gasteiger partial charge in [0, 0.05) is 12.6 Å². The number of carbonyl (C=O) groups is 1. The lowest BCUT2D eigenvalue weighted by Crippen LogP contribution is -2.12. The minimum absolute atomic E-state index is 0.107. The highest BCUT2D eigenvalue weighted by Gasteiger charge is 2.16. The number of hydrogen-bond acceptors (Lipinski definition) is 2. The Balaban J connectivity index is 2.48. The molecule has 0 bridgehead atoms. The summed E-state index contributed by atoms with van der Waals surface area (Å²) in [6.07, 6.45) is 0.790. The number of aromatic nitrogens is 2. The van der Waals surface area contributed by atoms with E-state index in [1.54, 1.807) is 0 Å². The zero-order valence-electron chi connectivity index (χ0n) is 10.2. The van der Waals surface area contributed by atoms with Gasteiger partial charge in [-0.3, -0.25) is 4.79 Å². The van der Waals surface area contributed by atoms with Gasteiger partial charge in [0.2, 0.25) is 0 Å². The largest absolute Gasteiger partial charge is 0.331 e. The van der Waals surface area contributed by atoms with Gasteiger partial charge in [-0.1, -0.05) is 22.9 Å². The summed E-state index contributed by atoms with van der Waals surface area (Å²) in [4.78, 5) is 16.4. The number of Topliss-reactive ketones (excluding diaryl/α,β-unsaturated/α-hetero) is 1. The van der Waals surface area contributed by atoms with Crippen molar-refractivity contribution in [3.8, 4) is 0 Å². The first-order chi connectivity index (χ1) is 8.04. The van der Waals surface area contributed by atoms with Gasteiger partial charge < -0.3 is 4.57 Å². The standard InChI is InChI=1S/C13H15BrN2O/c1-4-10(14)13(17)9-5-6-12-11(7-9)15-8(2)16(12)3/h5-7,10H,4H2,1-3H3. The van der Waals surface area contributed by atoms with Gasteiger partial charge in [0.05, 0.1) is 15.9 Å². The summed E-state index contributed by atoms with van der Waals surface area (Å²) in [7, 11) is 1.98. The number of rotatable bonds is 3. The third kappa shape index (κ3) is 2.14. The molecule has 0 saturated carbocycles. The molecule has 0 amide bonds. The number of fused-ring (bicyclic) bond motifs is 1. The van der Waals surface area contributed by atoms with Crippen LogP contribution in [-0.4, -0.2) is 20.2 Å². The maximum absolute atomic E-state index is 12.0. The molecule has 0 saturated heterocycles. The van der Waals surface area contributed by atoms with Gasteiger partial charge in [-0.2, -0.15) is 0 Å². The number of benzene rings is 1. The monoisotopic (exact) mass is 294 g/mol. The van der Waals surface area contributed by atoms with Crippen LogP contribution in [0.3, 0.4) is 0 Å². The van der Waals surface area contributed by atoms with Crippen molar-refractivity contribution < 1.29 is 4.79 Å². The van der Waals surface area contributed by atoms with Crippen molar-refractivity contribution in [2.24, 2.45) is 7.05 Å². The van der Waals surface area contributed by atoms with Gasteiger partial charge in [0.25, 0.3) is 0 Å². The second kappa shape index (κ2) is 4.61. The zero-order valence-corrected chi connectivity index (χ0v) is 11.8. The maximum atomic E-state index is 12.0. The molecule has 0 aliphatic carbocycles. The first-order valence-corrected chi connectivity index (χ1v) is 6.57. The van der Waals surface area contributed by atoms with Crippen LogP contribution in [0.5, 0.6) is 0 Å². The lowest BCUT2D eigenvalue weighted by molar-refractivity contribution is 0.0990. The third-order valence-electron chi connectivity index (χ3n) is 3.03. The van der Waals surface area contributed by atoms with Gasteiger partial charge in [-0.25, -0.2) is 4.98 Å². The summed E-state index contributed by atoms with van der Waals surface area (Å²) in [6, 6.07) is 5.70. The number of carbonyl (C=O) groups excluding carboxylic acids is 1. The number of nitrogens with zero attached hydrogens (tertiary/aromatic N) is 2. The predicted octanol–water partition coefficient (Wildman–Crippen LogP) is 3.24. The molecule has 0 N–H and O–H groups in total. The Morgan fingerprint density at radius 1 is 1.53 bits per heavy atom. The molecule has 1 heterocycles. The highest BCUT2D eigenvalue weighted by molar-refractivity contribution is 9.10. The molecule has 0 aliphatic rings. The van der Waals surface area contributed by atoms with Crippen LogP contribution >= 0.6 is 15.9 Å². The molecule has 3 nitrogen and oxygen atoms in total. The van der Waals surface area contributed by atoms with E-state index in [4.69, 9.17) is 0 Å². The molecule has 0 radical (unpaired) electrons. The van der Waals surface area contributed by atoms with Gasteiger partial charge in [0.15, 0.2) is 5.78 Å². The minimum atomic E-state index is -0.107. The molecule has 0 fully saturated rings. The fourth-order valence-corrected chi connectivity index (χ4v) is 2.10. The molecule has 0 aliphatic heterocycles. The molecule has 17 heavy (non-hydrogen) atoms. The highest BCUT2D eigenvalue weighted by atomic mass is 79.9. The van der Waals surface area contributed by atoms with Crippen LogP contribution in [-0.2, 0) is 7.05 Å². The molecule has 90 valence electrons. The summed E-state index contributed by atoms with van der Waals surface area (Å²) in [5.74, 6) is 1.08. The Labute approximate surface area is 109 Å². The van der Waals surface area contributed by atoms with Crippen LogP contribution in [0.25, 0.3) is 11.0 Å². The molecule has 0 spiro atoms. The number of hydrogen-bond donors (Lipinski definition) is 0. The first kappa shape index (κ1) is 12.3. The van der Waals surface area contributed by atoms with Crippen LogP contribution in [0, 0.1) is 6.92 Å². The SMILES string of the molecule is CCC(Br)C(=O)c1ccc2c(c1)nc(C)n2C. The minimum Gasteiger partial charge on any atom is -0.331 e. The summed E-state index contributed by atoms with van der Waals surface area (Å²) in [6.45, 7) is 3.95. The van der Waals surface area contributed by atoms with Crippen LogP contribution in [0.15, 0.2) is 18.2 Å². The number of imidazole rings is 1. The van der Waals surface area contributed by atoms with Gasteiger partial charge in [-0.15, -0.1) is 0 Å². The predicted molar refractivity (Wildman–Crippen MR) is 72.8 cm³/mol. The summed E-state index contributed by atoms with van der Waals surface area (Å²) in [5, 5.41) is 0. The van der Waals surface area contributed by atoms with E-state index >= 15 is 0 Å². The fraction of sp³-hybridized carbons (Fsp3) is 0.385. The Morgan fingerprint density at radius 2 is 2.24 bits per heavy atom. The van der Waals surface area contributed by atoms with E-state index in [2.05, 4.69) is 20.9 Å². The van der Waals surface area contributed by atoms with E-state index in [-0.39, 0.29) is 10.6 Å². The molecule has 1 atom stereocenters. The summed E-state index contributed by atoms with van der Waals surface area (Å²) >= 11 is 3.39. The molecule has 2 aromatic rings. The van der Waals surface area contributed by atoms with Crippen molar-refractivity contribution in [1.82, 2.24) is 9.55 Å².